The molecule has 2 aromatic rings. The van der Waals surface area contributed by atoms with Gasteiger partial charge in [-0.05, 0) is 30.7 Å². The minimum atomic E-state index is -0.180. The Morgan fingerprint density at radius 1 is 1.28 bits per heavy atom. The van der Waals surface area contributed by atoms with Crippen molar-refractivity contribution in [1.82, 2.24) is 4.98 Å². The smallest absolute Gasteiger partial charge is 0.257 e. The molecule has 0 aliphatic carbocycles. The van der Waals surface area contributed by atoms with Crippen LogP contribution in [0.5, 0.6) is 0 Å². The Morgan fingerprint density at radius 2 is 2.06 bits per heavy atom. The number of rotatable bonds is 3. The van der Waals surface area contributed by atoms with Crippen molar-refractivity contribution in [2.24, 2.45) is 0 Å². The third-order valence-corrected chi connectivity index (χ3v) is 2.87. The molecule has 0 saturated heterocycles. The van der Waals surface area contributed by atoms with Crippen molar-refractivity contribution in [3.05, 3.63) is 59.4 Å². The number of para-hydroxylation sites is 1. The van der Waals surface area contributed by atoms with Crippen LogP contribution in [0.1, 0.15) is 21.6 Å². The molecule has 3 nitrogen and oxygen atoms in total. The predicted molar refractivity (Wildman–Crippen MR) is 72.9 cm³/mol. The summed E-state index contributed by atoms with van der Waals surface area (Å²) in [5, 5.41) is 2.83. The number of aryl methyl sites for hydroxylation is 1. The summed E-state index contributed by atoms with van der Waals surface area (Å²) in [6.45, 7) is 1.88. The lowest BCUT2D eigenvalue weighted by Gasteiger charge is -2.08. The van der Waals surface area contributed by atoms with Gasteiger partial charge in [0.2, 0.25) is 0 Å². The summed E-state index contributed by atoms with van der Waals surface area (Å²) in [4.78, 5) is 16.1. The average molecular weight is 261 g/mol. The predicted octanol–water partition coefficient (Wildman–Crippen LogP) is 3.38. The van der Waals surface area contributed by atoms with Crippen LogP contribution in [0, 0.1) is 6.92 Å². The number of hydrogen-bond donors (Lipinski definition) is 1. The fraction of sp³-hybridized carbons (Fsp3) is 0.143. The van der Waals surface area contributed by atoms with Crippen molar-refractivity contribution in [1.29, 1.82) is 0 Å². The maximum atomic E-state index is 12.0. The van der Waals surface area contributed by atoms with E-state index < -0.39 is 0 Å². The highest BCUT2D eigenvalue weighted by molar-refractivity contribution is 6.17. The first-order chi connectivity index (χ1) is 8.70. The van der Waals surface area contributed by atoms with Crippen molar-refractivity contribution in [3.63, 3.8) is 0 Å². The van der Waals surface area contributed by atoms with E-state index in [1.165, 1.54) is 0 Å². The molecule has 92 valence electrons. The highest BCUT2D eigenvalue weighted by Gasteiger charge is 2.08. The minimum Gasteiger partial charge on any atom is -0.322 e. The fourth-order valence-corrected chi connectivity index (χ4v) is 1.79. The molecule has 0 fully saturated rings. The Kier molecular flexibility index (Phi) is 3.95. The number of hydrogen-bond acceptors (Lipinski definition) is 2. The van der Waals surface area contributed by atoms with Crippen LogP contribution in [0.4, 0.5) is 5.69 Å². The lowest BCUT2D eigenvalue weighted by Crippen LogP contribution is -2.13. The van der Waals surface area contributed by atoms with Gasteiger partial charge in [-0.15, -0.1) is 11.6 Å². The molecule has 1 heterocycles. The van der Waals surface area contributed by atoms with Gasteiger partial charge >= 0.3 is 0 Å². The Labute approximate surface area is 111 Å². The SMILES string of the molecule is Cc1ccc(C(=O)Nc2ccccc2CCl)cn1. The lowest BCUT2D eigenvalue weighted by atomic mass is 10.2. The second-order valence-corrected chi connectivity index (χ2v) is 4.20. The van der Waals surface area contributed by atoms with Crippen LogP contribution in [-0.2, 0) is 5.88 Å². The molecule has 0 atom stereocenters. The van der Waals surface area contributed by atoms with Crippen LogP contribution in [0.3, 0.4) is 0 Å². The number of alkyl halides is 1. The third kappa shape index (κ3) is 2.87. The van der Waals surface area contributed by atoms with Gasteiger partial charge in [-0.25, -0.2) is 0 Å². The molecule has 0 radical (unpaired) electrons. The van der Waals surface area contributed by atoms with Crippen LogP contribution in [0.2, 0.25) is 0 Å². The summed E-state index contributed by atoms with van der Waals surface area (Å²) in [7, 11) is 0. The van der Waals surface area contributed by atoms with Gasteiger partial charge in [-0.3, -0.25) is 9.78 Å². The van der Waals surface area contributed by atoms with Crippen LogP contribution in [-0.4, -0.2) is 10.9 Å². The zero-order valence-corrected chi connectivity index (χ0v) is 10.7. The van der Waals surface area contributed by atoms with Gasteiger partial charge in [-0.1, -0.05) is 18.2 Å². The normalized spacial score (nSPS) is 10.1. The summed E-state index contributed by atoms with van der Waals surface area (Å²) < 4.78 is 0. The van der Waals surface area contributed by atoms with E-state index in [1.807, 2.05) is 37.3 Å². The molecule has 1 N–H and O–H groups in total. The van der Waals surface area contributed by atoms with Crippen LogP contribution >= 0.6 is 11.6 Å². The van der Waals surface area contributed by atoms with Crippen molar-refractivity contribution in [2.75, 3.05) is 5.32 Å². The van der Waals surface area contributed by atoms with Crippen LogP contribution in [0.15, 0.2) is 42.6 Å². The van der Waals surface area contributed by atoms with E-state index in [1.54, 1.807) is 12.3 Å². The molecule has 0 saturated carbocycles. The van der Waals surface area contributed by atoms with Crippen LogP contribution < -0.4 is 5.32 Å². The second kappa shape index (κ2) is 5.65. The summed E-state index contributed by atoms with van der Waals surface area (Å²) >= 11 is 5.82. The van der Waals surface area contributed by atoms with E-state index in [0.717, 1.165) is 16.9 Å². The Balaban J connectivity index is 2.18. The standard InChI is InChI=1S/C14H13ClN2O/c1-10-6-7-12(9-16-10)14(18)17-13-5-3-2-4-11(13)8-15/h2-7,9H,8H2,1H3,(H,17,18). The lowest BCUT2D eigenvalue weighted by molar-refractivity contribution is 0.102. The maximum absolute atomic E-state index is 12.0. The first-order valence-electron chi connectivity index (χ1n) is 5.58. The number of pyridine rings is 1. The van der Waals surface area contributed by atoms with Gasteiger partial charge in [0.1, 0.15) is 0 Å². The molecule has 18 heavy (non-hydrogen) atoms. The number of benzene rings is 1. The van der Waals surface area contributed by atoms with E-state index in [2.05, 4.69) is 10.3 Å². The molecule has 0 spiro atoms. The van der Waals surface area contributed by atoms with Crippen molar-refractivity contribution in [2.45, 2.75) is 12.8 Å². The Hall–Kier alpha value is -1.87. The third-order valence-electron chi connectivity index (χ3n) is 2.58. The molecule has 0 unspecified atom stereocenters. The van der Waals surface area contributed by atoms with Gasteiger partial charge < -0.3 is 5.32 Å². The van der Waals surface area contributed by atoms with Gasteiger partial charge in [0.25, 0.3) is 5.91 Å². The molecular weight excluding hydrogens is 248 g/mol. The van der Waals surface area contributed by atoms with E-state index in [0.29, 0.717) is 11.4 Å². The van der Waals surface area contributed by atoms with Crippen molar-refractivity contribution < 1.29 is 4.79 Å². The summed E-state index contributed by atoms with van der Waals surface area (Å²) in [5.74, 6) is 0.183. The van der Waals surface area contributed by atoms with Gasteiger partial charge in [0.05, 0.1) is 5.56 Å². The largest absolute Gasteiger partial charge is 0.322 e. The zero-order chi connectivity index (χ0) is 13.0. The molecule has 1 aromatic heterocycles. The van der Waals surface area contributed by atoms with Crippen molar-refractivity contribution in [3.8, 4) is 0 Å². The molecule has 1 amide bonds. The molecule has 0 bridgehead atoms. The minimum absolute atomic E-state index is 0.180. The highest BCUT2D eigenvalue weighted by Crippen LogP contribution is 2.17. The van der Waals surface area contributed by atoms with Crippen LogP contribution in [0.25, 0.3) is 0 Å². The number of amides is 1. The number of carbonyl (C=O) groups is 1. The topological polar surface area (TPSA) is 42.0 Å². The second-order valence-electron chi connectivity index (χ2n) is 3.93. The monoisotopic (exact) mass is 260 g/mol. The van der Waals surface area contributed by atoms with E-state index in [4.69, 9.17) is 11.6 Å². The summed E-state index contributed by atoms with van der Waals surface area (Å²) in [6, 6.07) is 11.0. The maximum Gasteiger partial charge on any atom is 0.257 e. The fourth-order valence-electron chi connectivity index (χ4n) is 1.56. The molecule has 0 aliphatic heterocycles. The van der Waals surface area contributed by atoms with E-state index >= 15 is 0 Å². The summed E-state index contributed by atoms with van der Waals surface area (Å²) in [5.41, 5.74) is 3.04. The first-order valence-corrected chi connectivity index (χ1v) is 6.12. The number of halogens is 1. The van der Waals surface area contributed by atoms with Gasteiger partial charge in [0.15, 0.2) is 0 Å². The van der Waals surface area contributed by atoms with Gasteiger partial charge in [-0.2, -0.15) is 0 Å². The van der Waals surface area contributed by atoms with Gasteiger partial charge in [0, 0.05) is 23.5 Å². The number of aromatic nitrogens is 1. The van der Waals surface area contributed by atoms with E-state index in [-0.39, 0.29) is 5.91 Å². The first kappa shape index (κ1) is 12.6. The number of anilines is 1. The Bertz CT molecular complexity index is 552. The molecular formula is C14H13ClN2O. The molecule has 4 heteroatoms. The Morgan fingerprint density at radius 3 is 2.72 bits per heavy atom. The number of nitrogens with one attached hydrogen (secondary N) is 1. The molecule has 1 aromatic carbocycles. The zero-order valence-electron chi connectivity index (χ0n) is 9.98. The van der Waals surface area contributed by atoms with Crippen molar-refractivity contribution >= 4 is 23.2 Å². The summed E-state index contributed by atoms with van der Waals surface area (Å²) in [6.07, 6.45) is 1.56. The molecule has 0 aliphatic rings. The molecule has 2 rings (SSSR count). The van der Waals surface area contributed by atoms with E-state index in [9.17, 15) is 4.79 Å². The number of nitrogens with zero attached hydrogens (tertiary/aromatic N) is 1. The average Bonchev–Trinajstić information content (AvgIpc) is 2.40. The number of carbonyl (C=O) groups excluding carboxylic acids is 1. The quantitative estimate of drug-likeness (QED) is 0.860. The highest BCUT2D eigenvalue weighted by atomic mass is 35.5.